The van der Waals surface area contributed by atoms with E-state index in [1.807, 2.05) is 11.8 Å². The van der Waals surface area contributed by atoms with Gasteiger partial charge in [0.1, 0.15) is 6.04 Å². The number of carbonyl (C=O) groups excluding carboxylic acids is 1. The van der Waals surface area contributed by atoms with Crippen molar-refractivity contribution in [3.8, 4) is 0 Å². The number of nitrogens with one attached hydrogen (secondary N) is 1. The molecule has 1 fully saturated rings. The number of esters is 1. The Bertz CT molecular complexity index is 232. The molecule has 0 radical (unpaired) electrons. The van der Waals surface area contributed by atoms with Crippen LogP contribution in [0.25, 0.3) is 0 Å². The first-order valence-corrected chi connectivity index (χ1v) is 7.94. The van der Waals surface area contributed by atoms with Crippen LogP contribution in [0.4, 0.5) is 0 Å². The van der Waals surface area contributed by atoms with Crippen molar-refractivity contribution < 1.29 is 14.3 Å². The molecular weight excluding hydrogens is 250 g/mol. The molecule has 1 N–H and O–H groups in total. The van der Waals surface area contributed by atoms with Gasteiger partial charge in [-0.15, -0.1) is 0 Å². The van der Waals surface area contributed by atoms with Crippen molar-refractivity contribution in [3.05, 3.63) is 0 Å². The summed E-state index contributed by atoms with van der Waals surface area (Å²) in [7, 11) is 1.45. The summed E-state index contributed by atoms with van der Waals surface area (Å²) in [6.07, 6.45) is 4.64. The molecule has 1 aliphatic heterocycles. The largest absolute Gasteiger partial charge is 0.468 e. The fourth-order valence-electron chi connectivity index (χ4n) is 1.96. The highest BCUT2D eigenvalue weighted by Gasteiger charge is 2.19. The van der Waals surface area contributed by atoms with Crippen LogP contribution in [0.15, 0.2) is 0 Å². The van der Waals surface area contributed by atoms with Crippen molar-refractivity contribution in [2.24, 2.45) is 0 Å². The van der Waals surface area contributed by atoms with Crippen LogP contribution < -0.4 is 5.32 Å². The number of ether oxygens (including phenoxy) is 2. The summed E-state index contributed by atoms with van der Waals surface area (Å²) in [6.45, 7) is 3.86. The SMILES string of the molecule is CCCNC(CCSCC1CCCO1)C(=O)OC. The van der Waals surface area contributed by atoms with E-state index in [-0.39, 0.29) is 12.0 Å². The first-order valence-electron chi connectivity index (χ1n) is 6.78. The molecule has 0 aliphatic carbocycles. The van der Waals surface area contributed by atoms with Crippen molar-refractivity contribution in [2.75, 3.05) is 31.8 Å². The molecule has 2 atom stereocenters. The van der Waals surface area contributed by atoms with Gasteiger partial charge in [-0.3, -0.25) is 4.79 Å². The predicted molar refractivity (Wildman–Crippen MR) is 75.0 cm³/mol. The van der Waals surface area contributed by atoms with E-state index in [1.165, 1.54) is 20.0 Å². The summed E-state index contributed by atoms with van der Waals surface area (Å²) in [5.74, 6) is 1.86. The molecule has 0 aromatic heterocycles. The molecule has 0 saturated carbocycles. The van der Waals surface area contributed by atoms with Crippen LogP contribution in [-0.4, -0.2) is 49.9 Å². The highest BCUT2D eigenvalue weighted by molar-refractivity contribution is 7.99. The van der Waals surface area contributed by atoms with Gasteiger partial charge in [-0.05, 0) is 38.0 Å². The molecule has 4 nitrogen and oxygen atoms in total. The van der Waals surface area contributed by atoms with Gasteiger partial charge in [-0.2, -0.15) is 11.8 Å². The second-order valence-electron chi connectivity index (χ2n) is 4.53. The lowest BCUT2D eigenvalue weighted by Gasteiger charge is -2.16. The zero-order chi connectivity index (χ0) is 13.2. The summed E-state index contributed by atoms with van der Waals surface area (Å²) >= 11 is 1.87. The average molecular weight is 275 g/mol. The molecule has 1 heterocycles. The van der Waals surface area contributed by atoms with E-state index < -0.39 is 0 Å². The number of methoxy groups -OCH3 is 1. The number of hydrogen-bond donors (Lipinski definition) is 1. The van der Waals surface area contributed by atoms with Crippen molar-refractivity contribution in [1.82, 2.24) is 5.32 Å². The molecule has 106 valence electrons. The summed E-state index contributed by atoms with van der Waals surface area (Å²) in [5, 5.41) is 3.23. The number of hydrogen-bond acceptors (Lipinski definition) is 5. The standard InChI is InChI=1S/C13H25NO3S/c1-3-7-14-12(13(15)16-2)6-9-18-10-11-5-4-8-17-11/h11-12,14H,3-10H2,1-2H3. The fourth-order valence-corrected chi connectivity index (χ4v) is 3.05. The minimum absolute atomic E-state index is 0.152. The zero-order valence-electron chi connectivity index (χ0n) is 11.4. The van der Waals surface area contributed by atoms with Crippen molar-refractivity contribution >= 4 is 17.7 Å². The van der Waals surface area contributed by atoms with Crippen LogP contribution in [0.3, 0.4) is 0 Å². The Morgan fingerprint density at radius 3 is 3.06 bits per heavy atom. The van der Waals surface area contributed by atoms with Crippen molar-refractivity contribution in [1.29, 1.82) is 0 Å². The van der Waals surface area contributed by atoms with Gasteiger partial charge in [0.05, 0.1) is 13.2 Å². The lowest BCUT2D eigenvalue weighted by atomic mass is 10.2. The summed E-state index contributed by atoms with van der Waals surface area (Å²) in [5.41, 5.74) is 0. The molecule has 0 aromatic rings. The van der Waals surface area contributed by atoms with Crippen LogP contribution in [0, 0.1) is 0 Å². The van der Waals surface area contributed by atoms with Crippen LogP contribution in [-0.2, 0) is 14.3 Å². The van der Waals surface area contributed by atoms with E-state index in [0.717, 1.165) is 37.5 Å². The topological polar surface area (TPSA) is 47.6 Å². The molecule has 0 amide bonds. The third-order valence-electron chi connectivity index (χ3n) is 3.01. The lowest BCUT2D eigenvalue weighted by Crippen LogP contribution is -2.38. The molecule has 0 bridgehead atoms. The maximum atomic E-state index is 11.5. The molecule has 2 unspecified atom stereocenters. The van der Waals surface area contributed by atoms with Gasteiger partial charge in [0, 0.05) is 12.4 Å². The first kappa shape index (κ1) is 15.8. The highest BCUT2D eigenvalue weighted by atomic mass is 32.2. The Morgan fingerprint density at radius 1 is 1.61 bits per heavy atom. The maximum Gasteiger partial charge on any atom is 0.322 e. The van der Waals surface area contributed by atoms with Crippen LogP contribution in [0.1, 0.15) is 32.6 Å². The quantitative estimate of drug-likeness (QED) is 0.514. The van der Waals surface area contributed by atoms with Gasteiger partial charge >= 0.3 is 5.97 Å². The molecule has 0 spiro atoms. The van der Waals surface area contributed by atoms with Gasteiger partial charge in [0.2, 0.25) is 0 Å². The Morgan fingerprint density at radius 2 is 2.44 bits per heavy atom. The molecule has 1 saturated heterocycles. The van der Waals surface area contributed by atoms with Gasteiger partial charge in [0.15, 0.2) is 0 Å². The number of carbonyl (C=O) groups is 1. The highest BCUT2D eigenvalue weighted by Crippen LogP contribution is 2.18. The third kappa shape index (κ3) is 6.07. The predicted octanol–water partition coefficient (Wildman–Crippen LogP) is 1.83. The smallest absolute Gasteiger partial charge is 0.322 e. The molecular formula is C13H25NO3S. The summed E-state index contributed by atoms with van der Waals surface area (Å²) < 4.78 is 10.4. The molecule has 5 heteroatoms. The van der Waals surface area contributed by atoms with Crippen LogP contribution in [0.5, 0.6) is 0 Å². The minimum atomic E-state index is -0.160. The number of rotatable bonds is 9. The maximum absolute atomic E-state index is 11.5. The average Bonchev–Trinajstić information content (AvgIpc) is 2.90. The minimum Gasteiger partial charge on any atom is -0.468 e. The molecule has 18 heavy (non-hydrogen) atoms. The summed E-state index contributed by atoms with van der Waals surface area (Å²) in [6, 6.07) is -0.160. The molecule has 0 aromatic carbocycles. The van der Waals surface area contributed by atoms with Crippen LogP contribution >= 0.6 is 11.8 Å². The Hall–Kier alpha value is -0.260. The summed E-state index contributed by atoms with van der Waals surface area (Å²) in [4.78, 5) is 11.5. The molecule has 1 rings (SSSR count). The first-order chi connectivity index (χ1) is 8.77. The van der Waals surface area contributed by atoms with Crippen LogP contribution in [0.2, 0.25) is 0 Å². The Kier molecular flexibility index (Phi) is 8.46. The fraction of sp³-hybridized carbons (Fsp3) is 0.923. The van der Waals surface area contributed by atoms with E-state index in [0.29, 0.717) is 6.10 Å². The Labute approximate surface area is 114 Å². The normalized spacial score (nSPS) is 20.9. The zero-order valence-corrected chi connectivity index (χ0v) is 12.3. The van der Waals surface area contributed by atoms with E-state index in [1.54, 1.807) is 0 Å². The van der Waals surface area contributed by atoms with E-state index in [9.17, 15) is 4.79 Å². The van der Waals surface area contributed by atoms with Gasteiger partial charge in [-0.1, -0.05) is 6.92 Å². The Balaban J connectivity index is 2.13. The van der Waals surface area contributed by atoms with Gasteiger partial charge in [-0.25, -0.2) is 0 Å². The third-order valence-corrected chi connectivity index (χ3v) is 4.14. The monoisotopic (exact) mass is 275 g/mol. The van der Waals surface area contributed by atoms with Crippen molar-refractivity contribution in [3.63, 3.8) is 0 Å². The van der Waals surface area contributed by atoms with Gasteiger partial charge in [0.25, 0.3) is 0 Å². The van der Waals surface area contributed by atoms with E-state index in [2.05, 4.69) is 12.2 Å². The molecule has 1 aliphatic rings. The van der Waals surface area contributed by atoms with E-state index in [4.69, 9.17) is 9.47 Å². The van der Waals surface area contributed by atoms with E-state index >= 15 is 0 Å². The second kappa shape index (κ2) is 9.64. The van der Waals surface area contributed by atoms with Gasteiger partial charge < -0.3 is 14.8 Å². The number of thioether (sulfide) groups is 1. The lowest BCUT2D eigenvalue weighted by molar-refractivity contribution is -0.143. The second-order valence-corrected chi connectivity index (χ2v) is 5.68. The van der Waals surface area contributed by atoms with Crippen molar-refractivity contribution in [2.45, 2.75) is 44.8 Å².